The van der Waals surface area contributed by atoms with Gasteiger partial charge in [-0.05, 0) is 18.2 Å². The van der Waals surface area contributed by atoms with Crippen LogP contribution in [0.4, 0.5) is 11.6 Å². The number of rotatable bonds is 3. The number of nitrogens with zero attached hydrogens (tertiary/aromatic N) is 5. The van der Waals surface area contributed by atoms with Crippen LogP contribution in [-0.2, 0) is 9.59 Å². The van der Waals surface area contributed by atoms with Gasteiger partial charge in [0.15, 0.2) is 0 Å². The smallest absolute Gasteiger partial charge is 0.228 e. The van der Waals surface area contributed by atoms with Crippen LogP contribution >= 0.6 is 0 Å². The molecular weight excluding hydrogens is 330 g/mol. The Morgan fingerprint density at radius 3 is 2.35 bits per heavy atom. The fourth-order valence-electron chi connectivity index (χ4n) is 3.57. The first-order chi connectivity index (χ1) is 12.7. The fraction of sp³-hybridized carbons (Fsp3) is 0.368. The Bertz CT molecular complexity index is 775. The van der Waals surface area contributed by atoms with Crippen molar-refractivity contribution in [1.29, 1.82) is 0 Å². The van der Waals surface area contributed by atoms with E-state index in [1.807, 2.05) is 35.2 Å². The molecule has 2 aliphatic rings. The number of hydrogen-bond donors (Lipinski definition) is 0. The van der Waals surface area contributed by atoms with Crippen LogP contribution in [0, 0.1) is 5.92 Å². The topological polar surface area (TPSA) is 69.6 Å². The number of para-hydroxylation sites is 1. The number of amides is 2. The summed E-state index contributed by atoms with van der Waals surface area (Å²) in [7, 11) is 0. The Morgan fingerprint density at radius 1 is 0.962 bits per heavy atom. The molecule has 2 aromatic rings. The predicted molar refractivity (Wildman–Crippen MR) is 97.7 cm³/mol. The zero-order chi connectivity index (χ0) is 17.9. The predicted octanol–water partition coefficient (Wildman–Crippen LogP) is 1.18. The quantitative estimate of drug-likeness (QED) is 0.830. The van der Waals surface area contributed by atoms with Gasteiger partial charge in [-0.1, -0.05) is 18.2 Å². The monoisotopic (exact) mass is 351 g/mol. The van der Waals surface area contributed by atoms with Crippen molar-refractivity contribution in [3.05, 3.63) is 48.8 Å². The minimum absolute atomic E-state index is 0.0193. The Labute approximate surface area is 152 Å². The summed E-state index contributed by atoms with van der Waals surface area (Å²) in [6.07, 6.45) is 3.74. The second kappa shape index (κ2) is 7.11. The summed E-state index contributed by atoms with van der Waals surface area (Å²) in [5.41, 5.74) is 0.860. The van der Waals surface area contributed by atoms with E-state index in [-0.39, 0.29) is 24.2 Å². The molecule has 0 saturated carbocycles. The molecule has 1 aromatic heterocycles. The van der Waals surface area contributed by atoms with Gasteiger partial charge in [0.2, 0.25) is 17.8 Å². The van der Waals surface area contributed by atoms with Crippen LogP contribution in [0.3, 0.4) is 0 Å². The normalized spacial score (nSPS) is 20.5. The Hall–Kier alpha value is -2.96. The molecule has 26 heavy (non-hydrogen) atoms. The van der Waals surface area contributed by atoms with Crippen molar-refractivity contribution in [2.45, 2.75) is 6.42 Å². The lowest BCUT2D eigenvalue weighted by Crippen LogP contribution is -2.51. The standard InChI is InChI=1S/C19H21N5O2/c25-17-13-15(14-24(17)16-5-2-1-3-6-16)18(26)22-9-11-23(12-10-22)19-20-7-4-8-21-19/h1-8,15H,9-14H2. The van der Waals surface area contributed by atoms with Crippen molar-refractivity contribution in [3.8, 4) is 0 Å². The molecule has 0 N–H and O–H groups in total. The van der Waals surface area contributed by atoms with Crippen molar-refractivity contribution >= 4 is 23.5 Å². The van der Waals surface area contributed by atoms with Gasteiger partial charge >= 0.3 is 0 Å². The molecule has 2 fully saturated rings. The third-order valence-corrected chi connectivity index (χ3v) is 4.97. The number of piperazine rings is 1. The molecule has 3 heterocycles. The molecule has 7 heteroatoms. The van der Waals surface area contributed by atoms with E-state index >= 15 is 0 Å². The number of aromatic nitrogens is 2. The summed E-state index contributed by atoms with van der Waals surface area (Å²) in [5, 5.41) is 0. The van der Waals surface area contributed by atoms with Gasteiger partial charge in [-0.15, -0.1) is 0 Å². The lowest BCUT2D eigenvalue weighted by atomic mass is 10.1. The molecule has 1 atom stereocenters. The Kier molecular flexibility index (Phi) is 4.51. The van der Waals surface area contributed by atoms with Crippen molar-refractivity contribution in [2.24, 2.45) is 5.92 Å². The lowest BCUT2D eigenvalue weighted by molar-refractivity contribution is -0.136. The molecule has 0 bridgehead atoms. The first-order valence-electron chi connectivity index (χ1n) is 8.88. The minimum atomic E-state index is -0.262. The molecule has 1 aromatic carbocycles. The van der Waals surface area contributed by atoms with Crippen molar-refractivity contribution in [3.63, 3.8) is 0 Å². The molecule has 134 valence electrons. The largest absolute Gasteiger partial charge is 0.339 e. The van der Waals surface area contributed by atoms with Crippen LogP contribution in [0.15, 0.2) is 48.8 Å². The van der Waals surface area contributed by atoms with E-state index < -0.39 is 0 Å². The van der Waals surface area contributed by atoms with E-state index in [1.54, 1.807) is 23.4 Å². The SMILES string of the molecule is O=C(C1CC(=O)N(c2ccccc2)C1)N1CCN(c2ncccn2)CC1. The summed E-state index contributed by atoms with van der Waals surface area (Å²) in [6.45, 7) is 3.14. The van der Waals surface area contributed by atoms with Gasteiger partial charge in [-0.3, -0.25) is 9.59 Å². The number of hydrogen-bond acceptors (Lipinski definition) is 5. The van der Waals surface area contributed by atoms with Crippen LogP contribution in [0.25, 0.3) is 0 Å². The average Bonchev–Trinajstić information content (AvgIpc) is 3.10. The molecule has 0 radical (unpaired) electrons. The van der Waals surface area contributed by atoms with Crippen molar-refractivity contribution < 1.29 is 9.59 Å². The minimum Gasteiger partial charge on any atom is -0.339 e. The van der Waals surface area contributed by atoms with Crippen LogP contribution < -0.4 is 9.80 Å². The fourth-order valence-corrected chi connectivity index (χ4v) is 3.57. The summed E-state index contributed by atoms with van der Waals surface area (Å²) in [4.78, 5) is 39.4. The van der Waals surface area contributed by atoms with E-state index in [0.717, 1.165) is 5.69 Å². The molecule has 2 saturated heterocycles. The number of carbonyl (C=O) groups excluding carboxylic acids is 2. The highest BCUT2D eigenvalue weighted by Gasteiger charge is 2.38. The van der Waals surface area contributed by atoms with Crippen LogP contribution in [0.1, 0.15) is 6.42 Å². The van der Waals surface area contributed by atoms with E-state index in [0.29, 0.717) is 38.7 Å². The molecule has 4 rings (SSSR count). The zero-order valence-electron chi connectivity index (χ0n) is 14.5. The molecule has 2 aliphatic heterocycles. The third-order valence-electron chi connectivity index (χ3n) is 4.97. The number of benzene rings is 1. The summed E-state index contributed by atoms with van der Waals surface area (Å²) >= 11 is 0. The summed E-state index contributed by atoms with van der Waals surface area (Å²) in [6, 6.07) is 11.3. The van der Waals surface area contributed by atoms with Gasteiger partial charge in [0.1, 0.15) is 0 Å². The molecular formula is C19H21N5O2. The maximum atomic E-state index is 12.9. The summed E-state index contributed by atoms with van der Waals surface area (Å²) < 4.78 is 0. The van der Waals surface area contributed by atoms with Gasteiger partial charge in [0, 0.05) is 57.2 Å². The molecule has 2 amide bonds. The van der Waals surface area contributed by atoms with E-state index in [2.05, 4.69) is 14.9 Å². The van der Waals surface area contributed by atoms with Crippen LogP contribution in [0.2, 0.25) is 0 Å². The highest BCUT2D eigenvalue weighted by Crippen LogP contribution is 2.26. The van der Waals surface area contributed by atoms with Gasteiger partial charge in [0.25, 0.3) is 0 Å². The third kappa shape index (κ3) is 3.24. The van der Waals surface area contributed by atoms with Gasteiger partial charge in [0.05, 0.1) is 5.92 Å². The first kappa shape index (κ1) is 16.5. The second-order valence-electron chi connectivity index (χ2n) is 6.60. The van der Waals surface area contributed by atoms with Gasteiger partial charge in [-0.2, -0.15) is 0 Å². The van der Waals surface area contributed by atoms with E-state index in [9.17, 15) is 9.59 Å². The molecule has 0 spiro atoms. The maximum Gasteiger partial charge on any atom is 0.228 e. The summed E-state index contributed by atoms with van der Waals surface area (Å²) in [5.74, 6) is 0.532. The van der Waals surface area contributed by atoms with Crippen LogP contribution in [-0.4, -0.2) is 59.4 Å². The second-order valence-corrected chi connectivity index (χ2v) is 6.60. The van der Waals surface area contributed by atoms with E-state index in [4.69, 9.17) is 0 Å². The highest BCUT2D eigenvalue weighted by molar-refractivity contribution is 6.00. The van der Waals surface area contributed by atoms with Gasteiger partial charge < -0.3 is 14.7 Å². The molecule has 0 aliphatic carbocycles. The number of carbonyl (C=O) groups is 2. The van der Waals surface area contributed by atoms with E-state index in [1.165, 1.54) is 0 Å². The van der Waals surface area contributed by atoms with Gasteiger partial charge in [-0.25, -0.2) is 9.97 Å². The van der Waals surface area contributed by atoms with Crippen molar-refractivity contribution in [2.75, 3.05) is 42.5 Å². The molecule has 7 nitrogen and oxygen atoms in total. The highest BCUT2D eigenvalue weighted by atomic mass is 16.2. The van der Waals surface area contributed by atoms with Crippen LogP contribution in [0.5, 0.6) is 0 Å². The first-order valence-corrected chi connectivity index (χ1v) is 8.88. The molecule has 1 unspecified atom stereocenters. The maximum absolute atomic E-state index is 12.9. The Balaban J connectivity index is 1.36. The number of anilines is 2. The zero-order valence-corrected chi connectivity index (χ0v) is 14.5. The lowest BCUT2D eigenvalue weighted by Gasteiger charge is -2.35. The van der Waals surface area contributed by atoms with Crippen molar-refractivity contribution in [1.82, 2.24) is 14.9 Å². The average molecular weight is 351 g/mol. The Morgan fingerprint density at radius 2 is 1.65 bits per heavy atom.